The summed E-state index contributed by atoms with van der Waals surface area (Å²) in [5.74, 6) is -0.127. The van der Waals surface area contributed by atoms with Crippen molar-refractivity contribution >= 4 is 12.3 Å². The van der Waals surface area contributed by atoms with Gasteiger partial charge < -0.3 is 4.74 Å². The fourth-order valence-electron chi connectivity index (χ4n) is 5.57. The van der Waals surface area contributed by atoms with E-state index in [2.05, 4.69) is 13.8 Å². The second-order valence-electron chi connectivity index (χ2n) is 12.2. The third-order valence-electron chi connectivity index (χ3n) is 8.22. The van der Waals surface area contributed by atoms with Crippen LogP contribution >= 0.6 is 0 Å². The number of rotatable bonds is 33. The Hall–Kier alpha value is -0.860. The summed E-state index contributed by atoms with van der Waals surface area (Å²) in [6.45, 7) is 4.54. The second kappa shape index (κ2) is 33.3. The normalized spacial score (nSPS) is 12.1. The van der Waals surface area contributed by atoms with Crippen LogP contribution in [0.2, 0.25) is 0 Å². The lowest BCUT2D eigenvalue weighted by molar-refractivity contribution is -0.149. The lowest BCUT2D eigenvalue weighted by atomic mass is 10.0. The van der Waals surface area contributed by atoms with Crippen LogP contribution in [0.1, 0.15) is 213 Å². The van der Waals surface area contributed by atoms with E-state index in [9.17, 15) is 9.59 Å². The van der Waals surface area contributed by atoms with E-state index in [0.29, 0.717) is 6.42 Å². The summed E-state index contributed by atoms with van der Waals surface area (Å²) in [5.41, 5.74) is 0. The predicted octanol–water partition coefficient (Wildman–Crippen LogP) is 12.1. The van der Waals surface area contributed by atoms with Gasteiger partial charge >= 0.3 is 5.97 Å². The maximum atomic E-state index is 12.2. The summed E-state index contributed by atoms with van der Waals surface area (Å²) < 4.78 is 5.60. The van der Waals surface area contributed by atoms with Crippen molar-refractivity contribution in [1.82, 2.24) is 0 Å². The van der Waals surface area contributed by atoms with Crippen LogP contribution in [0.5, 0.6) is 0 Å². The average molecular weight is 550 g/mol. The van der Waals surface area contributed by atoms with E-state index in [1.54, 1.807) is 0 Å². The molecule has 0 N–H and O–H groups in total. The summed E-state index contributed by atoms with van der Waals surface area (Å²) in [7, 11) is 0. The highest BCUT2D eigenvalue weighted by Crippen LogP contribution is 2.17. The largest absolute Gasteiger partial charge is 0.462 e. The van der Waals surface area contributed by atoms with E-state index >= 15 is 0 Å². The number of hydrogen-bond donors (Lipinski definition) is 0. The van der Waals surface area contributed by atoms with Gasteiger partial charge in [0.1, 0.15) is 6.10 Å². The predicted molar refractivity (Wildman–Crippen MR) is 170 cm³/mol. The van der Waals surface area contributed by atoms with E-state index in [1.165, 1.54) is 161 Å². The molecule has 3 heteroatoms. The Balaban J connectivity index is 3.44. The lowest BCUT2D eigenvalue weighted by Crippen LogP contribution is -2.18. The van der Waals surface area contributed by atoms with Crippen molar-refractivity contribution in [2.45, 2.75) is 219 Å². The Morgan fingerprint density at radius 3 is 1.13 bits per heavy atom. The molecular formula is C36H69O3. The monoisotopic (exact) mass is 550 g/mol. The summed E-state index contributed by atoms with van der Waals surface area (Å²) >= 11 is 0. The molecule has 1 radical (unpaired) electrons. The van der Waals surface area contributed by atoms with E-state index in [-0.39, 0.29) is 18.5 Å². The van der Waals surface area contributed by atoms with Gasteiger partial charge in [-0.2, -0.15) is 0 Å². The van der Waals surface area contributed by atoms with Crippen molar-refractivity contribution in [2.24, 2.45) is 0 Å². The zero-order chi connectivity index (χ0) is 28.5. The molecule has 0 saturated heterocycles. The van der Waals surface area contributed by atoms with Crippen molar-refractivity contribution in [3.63, 3.8) is 0 Å². The highest BCUT2D eigenvalue weighted by molar-refractivity contribution is 5.69. The number of ether oxygens (including phenoxy) is 1. The molecule has 3 nitrogen and oxygen atoms in total. The van der Waals surface area contributed by atoms with Gasteiger partial charge in [0.05, 0.1) is 6.42 Å². The molecule has 0 aliphatic heterocycles. The summed E-state index contributed by atoms with van der Waals surface area (Å²) in [6, 6.07) is 0. The number of hydrogen-bond acceptors (Lipinski definition) is 3. The molecule has 0 spiro atoms. The van der Waals surface area contributed by atoms with Crippen molar-refractivity contribution in [1.29, 1.82) is 0 Å². The average Bonchev–Trinajstić information content (AvgIpc) is 2.93. The Morgan fingerprint density at radius 1 is 0.487 bits per heavy atom. The van der Waals surface area contributed by atoms with E-state index < -0.39 is 0 Å². The van der Waals surface area contributed by atoms with Crippen LogP contribution in [0.25, 0.3) is 0 Å². The molecule has 0 rings (SSSR count). The van der Waals surface area contributed by atoms with Gasteiger partial charge in [-0.25, -0.2) is 0 Å². The van der Waals surface area contributed by atoms with Crippen molar-refractivity contribution in [3.05, 3.63) is 0 Å². The number of carbonyl (C=O) groups excluding carboxylic acids is 2. The van der Waals surface area contributed by atoms with Crippen LogP contribution in [0.3, 0.4) is 0 Å². The third kappa shape index (κ3) is 31.5. The molecule has 1 atom stereocenters. The van der Waals surface area contributed by atoms with Gasteiger partial charge in [-0.15, -0.1) is 0 Å². The molecular weight excluding hydrogens is 480 g/mol. The first kappa shape index (κ1) is 38.1. The van der Waals surface area contributed by atoms with E-state index in [1.807, 2.05) is 6.29 Å². The molecule has 0 aromatic carbocycles. The van der Waals surface area contributed by atoms with Gasteiger partial charge in [-0.1, -0.05) is 181 Å². The van der Waals surface area contributed by atoms with Crippen molar-refractivity contribution in [3.8, 4) is 0 Å². The van der Waals surface area contributed by atoms with Crippen LogP contribution in [0.15, 0.2) is 0 Å². The Bertz CT molecular complexity index is 490. The highest BCUT2D eigenvalue weighted by Gasteiger charge is 2.14. The molecule has 0 amide bonds. The van der Waals surface area contributed by atoms with Gasteiger partial charge in [-0.05, 0) is 19.3 Å². The summed E-state index contributed by atoms with van der Waals surface area (Å²) in [6.07, 6.45) is 40.4. The Kier molecular flexibility index (Phi) is 32.6. The Morgan fingerprint density at radius 2 is 0.795 bits per heavy atom. The van der Waals surface area contributed by atoms with Crippen molar-refractivity contribution in [2.75, 3.05) is 0 Å². The SMILES string of the molecule is CCCCCCCCCCCCCCCCCCCCCC(=O)OC(C[C]=O)CCCCCCCCCCC. The summed E-state index contributed by atoms with van der Waals surface area (Å²) in [5, 5.41) is 0. The molecule has 0 saturated carbocycles. The smallest absolute Gasteiger partial charge is 0.306 e. The molecule has 0 aliphatic carbocycles. The zero-order valence-corrected chi connectivity index (χ0v) is 26.7. The minimum Gasteiger partial charge on any atom is -0.462 e. The second-order valence-corrected chi connectivity index (χ2v) is 12.2. The zero-order valence-electron chi connectivity index (χ0n) is 26.7. The van der Waals surface area contributed by atoms with Crippen LogP contribution in [-0.4, -0.2) is 18.4 Å². The fraction of sp³-hybridized carbons (Fsp3) is 0.944. The molecule has 0 aromatic rings. The maximum Gasteiger partial charge on any atom is 0.306 e. The van der Waals surface area contributed by atoms with E-state index in [0.717, 1.165) is 25.7 Å². The van der Waals surface area contributed by atoms with E-state index in [4.69, 9.17) is 4.74 Å². The molecule has 0 aromatic heterocycles. The molecule has 0 aliphatic rings. The highest BCUT2D eigenvalue weighted by atomic mass is 16.5. The first-order chi connectivity index (χ1) is 19.2. The van der Waals surface area contributed by atoms with Crippen LogP contribution in [-0.2, 0) is 14.3 Å². The summed E-state index contributed by atoms with van der Waals surface area (Å²) in [4.78, 5) is 23.1. The van der Waals surface area contributed by atoms with Gasteiger partial charge in [0, 0.05) is 6.42 Å². The number of unbranched alkanes of at least 4 members (excludes halogenated alkanes) is 26. The van der Waals surface area contributed by atoms with Crippen LogP contribution in [0, 0.1) is 0 Å². The number of carbonyl (C=O) groups is 1. The first-order valence-electron chi connectivity index (χ1n) is 17.8. The number of esters is 1. The minimum atomic E-state index is -0.264. The minimum absolute atomic E-state index is 0.127. The van der Waals surface area contributed by atoms with Gasteiger partial charge in [0.2, 0.25) is 6.29 Å². The third-order valence-corrected chi connectivity index (χ3v) is 8.22. The maximum absolute atomic E-state index is 12.2. The van der Waals surface area contributed by atoms with Gasteiger partial charge in [0.25, 0.3) is 0 Å². The molecule has 0 bridgehead atoms. The Labute approximate surface area is 245 Å². The fourth-order valence-corrected chi connectivity index (χ4v) is 5.57. The quantitative estimate of drug-likeness (QED) is 0.0604. The topological polar surface area (TPSA) is 43.4 Å². The van der Waals surface area contributed by atoms with Gasteiger partial charge in [-0.3, -0.25) is 9.59 Å². The van der Waals surface area contributed by atoms with Gasteiger partial charge in [0.15, 0.2) is 0 Å². The molecule has 39 heavy (non-hydrogen) atoms. The van der Waals surface area contributed by atoms with Crippen LogP contribution in [0.4, 0.5) is 0 Å². The first-order valence-corrected chi connectivity index (χ1v) is 17.8. The molecule has 1 unspecified atom stereocenters. The molecule has 231 valence electrons. The van der Waals surface area contributed by atoms with Crippen molar-refractivity contribution < 1.29 is 14.3 Å². The molecule has 0 heterocycles. The molecule has 0 fully saturated rings. The van der Waals surface area contributed by atoms with Crippen LogP contribution < -0.4 is 0 Å². The standard InChI is InChI=1S/C36H69O3/c1-3-5-7-9-11-13-14-15-16-17-18-19-20-21-22-24-26-28-30-32-36(38)39-35(33-34-37)31-29-27-25-23-12-10-8-6-4-2/h35H,3-33H2,1-2H3. The lowest BCUT2D eigenvalue weighted by Gasteiger charge is -2.15.